The van der Waals surface area contributed by atoms with Gasteiger partial charge in [0, 0.05) is 5.69 Å². The van der Waals surface area contributed by atoms with Crippen LogP contribution in [0, 0.1) is 13.8 Å². The van der Waals surface area contributed by atoms with Gasteiger partial charge in [-0.15, -0.1) is 0 Å². The molecule has 0 amide bonds. The normalized spacial score (nSPS) is 15.3. The van der Waals surface area contributed by atoms with E-state index in [1.165, 1.54) is 32.4 Å². The molecule has 2 heteroatoms. The lowest BCUT2D eigenvalue weighted by Crippen LogP contribution is -2.21. The van der Waals surface area contributed by atoms with E-state index >= 15 is 0 Å². The lowest BCUT2D eigenvalue weighted by atomic mass is 10.1. The molecule has 0 unspecified atom stereocenters. The summed E-state index contributed by atoms with van der Waals surface area (Å²) in [6, 6.07) is 6.05. The molecule has 1 heterocycles. The highest BCUT2D eigenvalue weighted by molar-refractivity contribution is 5.52. The maximum Gasteiger partial charge on any atom is 0.0373 e. The number of rotatable bonds is 0. The molecule has 1 fully saturated rings. The van der Waals surface area contributed by atoms with Crippen LogP contribution < -0.4 is 11.1 Å². The molecular formula is C13H22N2. The summed E-state index contributed by atoms with van der Waals surface area (Å²) < 4.78 is 0. The molecule has 3 N–H and O–H groups in total. The number of hydrogen-bond donors (Lipinski definition) is 2. The van der Waals surface area contributed by atoms with Crippen molar-refractivity contribution in [1.82, 2.24) is 5.32 Å². The van der Waals surface area contributed by atoms with Crippen LogP contribution in [0.2, 0.25) is 0 Å². The second kappa shape index (κ2) is 6.46. The average molecular weight is 206 g/mol. The van der Waals surface area contributed by atoms with E-state index in [-0.39, 0.29) is 0 Å². The summed E-state index contributed by atoms with van der Waals surface area (Å²) in [5.74, 6) is 0. The maximum atomic E-state index is 5.68. The van der Waals surface area contributed by atoms with Crippen molar-refractivity contribution in [2.45, 2.75) is 33.1 Å². The highest BCUT2D eigenvalue weighted by Gasteiger charge is 1.94. The number of anilines is 1. The Balaban J connectivity index is 0.000000162. The molecule has 0 aromatic heterocycles. The second-order valence-electron chi connectivity index (χ2n) is 4.12. The van der Waals surface area contributed by atoms with Crippen molar-refractivity contribution < 1.29 is 0 Å². The van der Waals surface area contributed by atoms with Crippen LogP contribution in [0.25, 0.3) is 0 Å². The van der Waals surface area contributed by atoms with Crippen molar-refractivity contribution in [2.75, 3.05) is 18.8 Å². The summed E-state index contributed by atoms with van der Waals surface area (Å²) in [6.45, 7) is 6.53. The Hall–Kier alpha value is -1.02. The summed E-state index contributed by atoms with van der Waals surface area (Å²) in [7, 11) is 0. The molecule has 15 heavy (non-hydrogen) atoms. The Bertz CT molecular complexity index is 259. The van der Waals surface area contributed by atoms with Gasteiger partial charge in [0.2, 0.25) is 0 Å². The summed E-state index contributed by atoms with van der Waals surface area (Å²) in [5, 5.41) is 3.28. The SMILES string of the molecule is C1CCNCC1.Cc1cccc(C)c1N. The van der Waals surface area contributed by atoms with Gasteiger partial charge in [-0.05, 0) is 50.9 Å². The van der Waals surface area contributed by atoms with E-state index in [9.17, 15) is 0 Å². The van der Waals surface area contributed by atoms with Crippen LogP contribution in [0.15, 0.2) is 18.2 Å². The first-order chi connectivity index (χ1) is 7.22. The highest BCUT2D eigenvalue weighted by atomic mass is 14.9. The Kier molecular flexibility index (Phi) is 5.19. The van der Waals surface area contributed by atoms with Crippen molar-refractivity contribution in [1.29, 1.82) is 0 Å². The fraction of sp³-hybridized carbons (Fsp3) is 0.538. The van der Waals surface area contributed by atoms with Gasteiger partial charge < -0.3 is 11.1 Å². The van der Waals surface area contributed by atoms with E-state index in [0.29, 0.717) is 0 Å². The molecule has 0 radical (unpaired) electrons. The molecule has 0 saturated carbocycles. The Morgan fingerprint density at radius 1 is 1.00 bits per heavy atom. The first-order valence-corrected chi connectivity index (χ1v) is 5.74. The smallest absolute Gasteiger partial charge is 0.0373 e. The van der Waals surface area contributed by atoms with Gasteiger partial charge in [0.15, 0.2) is 0 Å². The summed E-state index contributed by atoms with van der Waals surface area (Å²) in [6.07, 6.45) is 4.22. The predicted molar refractivity (Wildman–Crippen MR) is 67.0 cm³/mol. The summed E-state index contributed by atoms with van der Waals surface area (Å²) in [4.78, 5) is 0. The van der Waals surface area contributed by atoms with Gasteiger partial charge in [0.05, 0.1) is 0 Å². The van der Waals surface area contributed by atoms with Crippen LogP contribution in [0.1, 0.15) is 30.4 Å². The molecule has 1 saturated heterocycles. The molecule has 84 valence electrons. The largest absolute Gasteiger partial charge is 0.398 e. The van der Waals surface area contributed by atoms with E-state index in [0.717, 1.165) is 16.8 Å². The van der Waals surface area contributed by atoms with E-state index in [1.54, 1.807) is 0 Å². The molecule has 2 rings (SSSR count). The zero-order chi connectivity index (χ0) is 11.1. The molecule has 1 aromatic rings. The van der Waals surface area contributed by atoms with Crippen LogP contribution in [0.5, 0.6) is 0 Å². The van der Waals surface area contributed by atoms with E-state index < -0.39 is 0 Å². The van der Waals surface area contributed by atoms with Crippen LogP contribution in [-0.2, 0) is 0 Å². The third-order valence-electron chi connectivity index (χ3n) is 2.75. The first kappa shape index (κ1) is 12.1. The predicted octanol–water partition coefficient (Wildman–Crippen LogP) is 2.65. The van der Waals surface area contributed by atoms with Gasteiger partial charge in [0.25, 0.3) is 0 Å². The second-order valence-corrected chi connectivity index (χ2v) is 4.12. The minimum atomic E-state index is 0.914. The van der Waals surface area contributed by atoms with Gasteiger partial charge in [-0.1, -0.05) is 24.6 Å². The van der Waals surface area contributed by atoms with Crippen LogP contribution in [0.3, 0.4) is 0 Å². The minimum Gasteiger partial charge on any atom is -0.398 e. The van der Waals surface area contributed by atoms with E-state index in [2.05, 4.69) is 5.32 Å². The van der Waals surface area contributed by atoms with Crippen molar-refractivity contribution >= 4 is 5.69 Å². The summed E-state index contributed by atoms with van der Waals surface area (Å²) in [5.41, 5.74) is 8.92. The first-order valence-electron chi connectivity index (χ1n) is 5.74. The average Bonchev–Trinajstić information content (AvgIpc) is 2.29. The lowest BCUT2D eigenvalue weighted by Gasteiger charge is -2.08. The molecule has 0 aliphatic carbocycles. The summed E-state index contributed by atoms with van der Waals surface area (Å²) >= 11 is 0. The van der Waals surface area contributed by atoms with Crippen molar-refractivity contribution in [3.05, 3.63) is 29.3 Å². The molecule has 0 spiro atoms. The number of hydrogen-bond acceptors (Lipinski definition) is 2. The maximum absolute atomic E-state index is 5.68. The lowest BCUT2D eigenvalue weighted by molar-refractivity contribution is 0.520. The highest BCUT2D eigenvalue weighted by Crippen LogP contribution is 2.13. The van der Waals surface area contributed by atoms with Gasteiger partial charge in [-0.3, -0.25) is 0 Å². The fourth-order valence-corrected chi connectivity index (χ4v) is 1.63. The van der Waals surface area contributed by atoms with E-state index in [4.69, 9.17) is 5.73 Å². The molecule has 0 atom stereocenters. The number of nitrogens with one attached hydrogen (secondary N) is 1. The Morgan fingerprint density at radius 2 is 1.53 bits per heavy atom. The number of nitrogens with two attached hydrogens (primary N) is 1. The molecule has 0 bridgehead atoms. The monoisotopic (exact) mass is 206 g/mol. The van der Waals surface area contributed by atoms with Crippen LogP contribution in [-0.4, -0.2) is 13.1 Å². The van der Waals surface area contributed by atoms with Crippen LogP contribution in [0.4, 0.5) is 5.69 Å². The Labute approximate surface area is 92.9 Å². The number of nitrogen functional groups attached to an aromatic ring is 1. The number of aryl methyl sites for hydroxylation is 2. The van der Waals surface area contributed by atoms with Crippen molar-refractivity contribution in [3.63, 3.8) is 0 Å². The van der Waals surface area contributed by atoms with E-state index in [1.807, 2.05) is 32.0 Å². The van der Waals surface area contributed by atoms with Gasteiger partial charge >= 0.3 is 0 Å². The number of piperidine rings is 1. The third kappa shape index (κ3) is 4.34. The quantitative estimate of drug-likeness (QED) is 0.640. The zero-order valence-corrected chi connectivity index (χ0v) is 9.84. The van der Waals surface area contributed by atoms with Crippen molar-refractivity contribution in [2.24, 2.45) is 0 Å². The van der Waals surface area contributed by atoms with Crippen LogP contribution >= 0.6 is 0 Å². The molecular weight excluding hydrogens is 184 g/mol. The molecule has 1 aliphatic rings. The number of para-hydroxylation sites is 1. The minimum absolute atomic E-state index is 0.914. The van der Waals surface area contributed by atoms with Gasteiger partial charge in [0.1, 0.15) is 0 Å². The topological polar surface area (TPSA) is 38.0 Å². The fourth-order valence-electron chi connectivity index (χ4n) is 1.63. The molecule has 1 aromatic carbocycles. The number of benzene rings is 1. The van der Waals surface area contributed by atoms with Gasteiger partial charge in [-0.25, -0.2) is 0 Å². The zero-order valence-electron chi connectivity index (χ0n) is 9.84. The van der Waals surface area contributed by atoms with Crippen molar-refractivity contribution in [3.8, 4) is 0 Å². The standard InChI is InChI=1S/C8H11N.C5H11N/c1-6-4-3-5-7(2)8(6)9;1-2-4-6-5-3-1/h3-5H,9H2,1-2H3;6H,1-5H2. The molecule has 1 aliphatic heterocycles. The Morgan fingerprint density at radius 3 is 1.80 bits per heavy atom. The molecule has 2 nitrogen and oxygen atoms in total. The van der Waals surface area contributed by atoms with Gasteiger partial charge in [-0.2, -0.15) is 0 Å². The third-order valence-corrected chi connectivity index (χ3v) is 2.75.